The van der Waals surface area contributed by atoms with Crippen molar-refractivity contribution >= 4 is 17.7 Å². The summed E-state index contributed by atoms with van der Waals surface area (Å²) in [5, 5.41) is 2.99. The fourth-order valence-corrected chi connectivity index (χ4v) is 3.05. The van der Waals surface area contributed by atoms with E-state index in [9.17, 15) is 4.79 Å². The lowest BCUT2D eigenvalue weighted by Crippen LogP contribution is -2.60. The van der Waals surface area contributed by atoms with E-state index in [2.05, 4.69) is 30.0 Å². The van der Waals surface area contributed by atoms with E-state index in [0.717, 1.165) is 17.7 Å². The number of thioether (sulfide) groups is 1. The second-order valence-electron chi connectivity index (χ2n) is 5.07. The Bertz CT molecular complexity index is 410. The molecule has 19 heavy (non-hydrogen) atoms. The minimum atomic E-state index is -0.317. The maximum absolute atomic E-state index is 12.1. The van der Waals surface area contributed by atoms with Crippen molar-refractivity contribution in [3.63, 3.8) is 0 Å². The van der Waals surface area contributed by atoms with Gasteiger partial charge in [0.2, 0.25) is 5.91 Å². The van der Waals surface area contributed by atoms with Crippen LogP contribution in [0.3, 0.4) is 0 Å². The van der Waals surface area contributed by atoms with Crippen molar-refractivity contribution in [2.24, 2.45) is 5.92 Å². The highest BCUT2D eigenvalue weighted by Gasteiger charge is 2.28. The number of hydrogen-bond donors (Lipinski definition) is 3. The number of carbonyl (C=O) groups is 1. The molecule has 0 radical (unpaired) electrons. The molecule has 2 rings (SSSR count). The Hall–Kier alpha value is -1.04. The fourth-order valence-electron chi connectivity index (χ4n) is 1.86. The van der Waals surface area contributed by atoms with E-state index in [1.54, 1.807) is 11.8 Å². The van der Waals surface area contributed by atoms with Gasteiger partial charge in [0.15, 0.2) is 0 Å². The molecule has 3 N–H and O–H groups in total. The Morgan fingerprint density at radius 2 is 1.95 bits per heavy atom. The topological polar surface area (TPSA) is 53.2 Å². The van der Waals surface area contributed by atoms with E-state index < -0.39 is 0 Å². The molecule has 0 spiro atoms. The summed E-state index contributed by atoms with van der Waals surface area (Å²) < 4.78 is 0. The summed E-state index contributed by atoms with van der Waals surface area (Å²) in [7, 11) is 0. The zero-order valence-electron chi connectivity index (χ0n) is 11.3. The molecule has 2 atom stereocenters. The van der Waals surface area contributed by atoms with Crippen LogP contribution in [0, 0.1) is 5.92 Å². The van der Waals surface area contributed by atoms with E-state index in [1.165, 1.54) is 0 Å². The molecule has 0 aromatic heterocycles. The van der Waals surface area contributed by atoms with Gasteiger partial charge in [-0.3, -0.25) is 4.79 Å². The van der Waals surface area contributed by atoms with Crippen molar-refractivity contribution in [3.8, 4) is 0 Å². The number of rotatable bonds is 5. The van der Waals surface area contributed by atoms with Gasteiger partial charge in [-0.2, -0.15) is 0 Å². The number of amides is 1. The van der Waals surface area contributed by atoms with E-state index in [0.29, 0.717) is 5.92 Å². The molecule has 2 unspecified atom stereocenters. The first-order valence-corrected chi connectivity index (χ1v) is 7.69. The van der Waals surface area contributed by atoms with E-state index >= 15 is 0 Å². The highest BCUT2D eigenvalue weighted by Crippen LogP contribution is 2.18. The zero-order chi connectivity index (χ0) is 13.7. The highest BCUT2D eigenvalue weighted by molar-refractivity contribution is 7.99. The molecular weight excluding hydrogens is 258 g/mol. The van der Waals surface area contributed by atoms with Crippen LogP contribution in [-0.2, 0) is 4.79 Å². The number of benzene rings is 1. The lowest BCUT2D eigenvalue weighted by Gasteiger charge is -2.31. The monoisotopic (exact) mass is 279 g/mol. The SMILES string of the molecule is CC(C)CCSC1NNC(c2ccccc2)C(=O)N1. The van der Waals surface area contributed by atoms with Crippen LogP contribution in [0.2, 0.25) is 0 Å². The van der Waals surface area contributed by atoms with Crippen molar-refractivity contribution in [1.29, 1.82) is 0 Å². The summed E-state index contributed by atoms with van der Waals surface area (Å²) in [6.45, 7) is 4.41. The van der Waals surface area contributed by atoms with Gasteiger partial charge in [-0.25, -0.2) is 10.9 Å². The van der Waals surface area contributed by atoms with Crippen molar-refractivity contribution in [1.82, 2.24) is 16.2 Å². The molecule has 1 fully saturated rings. The predicted molar refractivity (Wildman–Crippen MR) is 79.3 cm³/mol. The fraction of sp³-hybridized carbons (Fsp3) is 0.500. The average Bonchev–Trinajstić information content (AvgIpc) is 2.39. The number of hydrazine groups is 1. The normalized spacial score (nSPS) is 23.4. The van der Waals surface area contributed by atoms with Gasteiger partial charge in [0.25, 0.3) is 0 Å². The molecule has 1 amide bonds. The summed E-state index contributed by atoms with van der Waals surface area (Å²) >= 11 is 1.72. The van der Waals surface area contributed by atoms with Crippen LogP contribution >= 0.6 is 11.8 Å². The van der Waals surface area contributed by atoms with Crippen molar-refractivity contribution in [2.45, 2.75) is 31.8 Å². The molecule has 0 saturated carbocycles. The molecule has 1 aromatic rings. The molecule has 1 aliphatic rings. The zero-order valence-corrected chi connectivity index (χ0v) is 12.2. The number of nitrogens with one attached hydrogen (secondary N) is 3. The summed E-state index contributed by atoms with van der Waals surface area (Å²) in [5.41, 5.74) is 7.16. The highest BCUT2D eigenvalue weighted by atomic mass is 32.2. The number of carbonyl (C=O) groups excluding carboxylic acids is 1. The number of hydrogen-bond acceptors (Lipinski definition) is 4. The average molecular weight is 279 g/mol. The van der Waals surface area contributed by atoms with Crippen LogP contribution in [0.1, 0.15) is 31.9 Å². The Kier molecular flexibility index (Phi) is 5.24. The third-order valence-electron chi connectivity index (χ3n) is 3.01. The third-order valence-corrected chi connectivity index (χ3v) is 4.05. The summed E-state index contributed by atoms with van der Waals surface area (Å²) in [4.78, 5) is 12.1. The molecule has 1 heterocycles. The Morgan fingerprint density at radius 1 is 1.21 bits per heavy atom. The van der Waals surface area contributed by atoms with Gasteiger partial charge in [-0.15, -0.1) is 11.8 Å². The van der Waals surface area contributed by atoms with Gasteiger partial charge >= 0.3 is 0 Å². The van der Waals surface area contributed by atoms with Crippen LogP contribution in [-0.4, -0.2) is 17.2 Å². The lowest BCUT2D eigenvalue weighted by atomic mass is 10.1. The van der Waals surface area contributed by atoms with E-state index in [1.807, 2.05) is 30.3 Å². The maximum Gasteiger partial charge on any atom is 0.244 e. The van der Waals surface area contributed by atoms with E-state index in [-0.39, 0.29) is 17.4 Å². The van der Waals surface area contributed by atoms with Crippen LogP contribution in [0.25, 0.3) is 0 Å². The molecular formula is C14H21N3OS. The Labute approximate surface area is 118 Å². The molecule has 1 aromatic carbocycles. The second kappa shape index (κ2) is 6.93. The Morgan fingerprint density at radius 3 is 2.58 bits per heavy atom. The van der Waals surface area contributed by atoms with Gasteiger partial charge in [0.05, 0.1) is 0 Å². The maximum atomic E-state index is 12.1. The first-order chi connectivity index (χ1) is 9.16. The van der Waals surface area contributed by atoms with Crippen LogP contribution in [0.5, 0.6) is 0 Å². The molecule has 0 bridgehead atoms. The minimum absolute atomic E-state index is 0.0204. The Balaban J connectivity index is 1.83. The lowest BCUT2D eigenvalue weighted by molar-refractivity contribution is -0.125. The standard InChI is InChI=1S/C14H21N3OS/c1-10(2)8-9-19-14-15-13(18)12(16-17-14)11-6-4-3-5-7-11/h3-7,10,12,14,16-17H,8-9H2,1-2H3,(H,15,18). The van der Waals surface area contributed by atoms with Crippen LogP contribution in [0.4, 0.5) is 0 Å². The summed E-state index contributed by atoms with van der Waals surface area (Å²) in [5.74, 6) is 1.75. The van der Waals surface area contributed by atoms with Crippen LogP contribution < -0.4 is 16.2 Å². The summed E-state index contributed by atoms with van der Waals surface area (Å²) in [6, 6.07) is 9.41. The van der Waals surface area contributed by atoms with Gasteiger partial charge in [0.1, 0.15) is 11.5 Å². The van der Waals surface area contributed by atoms with Gasteiger partial charge in [-0.05, 0) is 23.7 Å². The predicted octanol–water partition coefficient (Wildman–Crippen LogP) is 2.01. The van der Waals surface area contributed by atoms with Gasteiger partial charge in [-0.1, -0.05) is 44.2 Å². The van der Waals surface area contributed by atoms with E-state index in [4.69, 9.17) is 0 Å². The third kappa shape index (κ3) is 4.23. The van der Waals surface area contributed by atoms with Crippen LogP contribution in [0.15, 0.2) is 30.3 Å². The van der Waals surface area contributed by atoms with Crippen molar-refractivity contribution in [2.75, 3.05) is 5.75 Å². The van der Waals surface area contributed by atoms with Gasteiger partial charge < -0.3 is 5.32 Å². The first-order valence-electron chi connectivity index (χ1n) is 6.65. The molecule has 1 aliphatic heterocycles. The largest absolute Gasteiger partial charge is 0.329 e. The van der Waals surface area contributed by atoms with Crippen molar-refractivity contribution in [3.05, 3.63) is 35.9 Å². The molecule has 4 nitrogen and oxygen atoms in total. The van der Waals surface area contributed by atoms with Gasteiger partial charge in [0, 0.05) is 0 Å². The molecule has 0 aliphatic carbocycles. The van der Waals surface area contributed by atoms with Crippen molar-refractivity contribution < 1.29 is 4.79 Å². The molecule has 5 heteroatoms. The smallest absolute Gasteiger partial charge is 0.244 e. The summed E-state index contributed by atoms with van der Waals surface area (Å²) in [6.07, 6.45) is 1.15. The second-order valence-corrected chi connectivity index (χ2v) is 6.29. The first kappa shape index (κ1) is 14.4. The molecule has 104 valence electrons. The quantitative estimate of drug-likeness (QED) is 0.772. The molecule has 1 saturated heterocycles. The minimum Gasteiger partial charge on any atom is -0.329 e.